The number of hydrogen-bond acceptors (Lipinski definition) is 4. The van der Waals surface area contributed by atoms with E-state index in [1.165, 1.54) is 5.56 Å². The molecule has 2 atom stereocenters. The van der Waals surface area contributed by atoms with Crippen LogP contribution in [0.5, 0.6) is 5.75 Å². The van der Waals surface area contributed by atoms with E-state index in [0.717, 1.165) is 29.2 Å². The molecule has 2 N–H and O–H groups in total. The molecule has 0 bridgehead atoms. The van der Waals surface area contributed by atoms with Crippen molar-refractivity contribution in [1.82, 2.24) is 15.1 Å². The van der Waals surface area contributed by atoms with Crippen LogP contribution in [0, 0.1) is 13.8 Å². The number of amides is 1. The molecule has 3 rings (SSSR count). The standard InChI is InChI=1S/C19H26N4O2/c1-5-16(25-17-9-7-6-8-12(17)2)19(24)21-14-10-15-13(3)22-23(4)18(15)20-11-14/h6-9,14,16,20H,5,10-11H2,1-4H3,(H,21,24). The first-order chi connectivity index (χ1) is 12.0. The average Bonchev–Trinajstić information content (AvgIpc) is 2.88. The van der Waals surface area contributed by atoms with Crippen molar-refractivity contribution < 1.29 is 9.53 Å². The molecule has 1 aliphatic rings. The number of aromatic nitrogens is 2. The lowest BCUT2D eigenvalue weighted by molar-refractivity contribution is -0.128. The third-order valence-electron chi connectivity index (χ3n) is 4.69. The predicted molar refractivity (Wildman–Crippen MR) is 98.0 cm³/mol. The number of nitrogens with zero attached hydrogens (tertiary/aromatic N) is 2. The lowest BCUT2D eigenvalue weighted by Crippen LogP contribution is -2.48. The fourth-order valence-electron chi connectivity index (χ4n) is 3.27. The van der Waals surface area contributed by atoms with Gasteiger partial charge in [0.2, 0.25) is 0 Å². The smallest absolute Gasteiger partial charge is 0.261 e. The van der Waals surface area contributed by atoms with Crippen molar-refractivity contribution in [3.8, 4) is 5.75 Å². The Kier molecular flexibility index (Phi) is 4.97. The van der Waals surface area contributed by atoms with Gasteiger partial charge in [0, 0.05) is 19.2 Å². The maximum atomic E-state index is 12.7. The number of para-hydroxylation sites is 1. The third-order valence-corrected chi connectivity index (χ3v) is 4.69. The highest BCUT2D eigenvalue weighted by atomic mass is 16.5. The number of fused-ring (bicyclic) bond motifs is 1. The molecule has 0 radical (unpaired) electrons. The SMILES string of the molecule is CCC(Oc1ccccc1C)C(=O)NC1CNc2c(c(C)nn2C)C1. The van der Waals surface area contributed by atoms with E-state index in [9.17, 15) is 4.79 Å². The first kappa shape index (κ1) is 17.3. The minimum absolute atomic E-state index is 0.0393. The number of rotatable bonds is 5. The van der Waals surface area contributed by atoms with Crippen molar-refractivity contribution in [2.75, 3.05) is 11.9 Å². The van der Waals surface area contributed by atoms with Crippen molar-refractivity contribution in [3.05, 3.63) is 41.1 Å². The molecule has 25 heavy (non-hydrogen) atoms. The summed E-state index contributed by atoms with van der Waals surface area (Å²) in [6.45, 7) is 6.64. The van der Waals surface area contributed by atoms with E-state index in [1.807, 2.05) is 56.8 Å². The summed E-state index contributed by atoms with van der Waals surface area (Å²) in [5.41, 5.74) is 3.21. The van der Waals surface area contributed by atoms with Gasteiger partial charge >= 0.3 is 0 Å². The molecule has 2 unspecified atom stereocenters. The quantitative estimate of drug-likeness (QED) is 0.875. The van der Waals surface area contributed by atoms with Gasteiger partial charge in [-0.1, -0.05) is 25.1 Å². The molecular weight excluding hydrogens is 316 g/mol. The van der Waals surface area contributed by atoms with E-state index in [2.05, 4.69) is 15.7 Å². The molecule has 0 saturated carbocycles. The van der Waals surface area contributed by atoms with Crippen LogP contribution in [0.1, 0.15) is 30.2 Å². The monoisotopic (exact) mass is 342 g/mol. The number of ether oxygens (including phenoxy) is 1. The highest BCUT2D eigenvalue weighted by Crippen LogP contribution is 2.24. The van der Waals surface area contributed by atoms with Gasteiger partial charge in [-0.15, -0.1) is 0 Å². The number of carbonyl (C=O) groups is 1. The van der Waals surface area contributed by atoms with E-state index < -0.39 is 6.10 Å². The van der Waals surface area contributed by atoms with E-state index >= 15 is 0 Å². The summed E-state index contributed by atoms with van der Waals surface area (Å²) >= 11 is 0. The van der Waals surface area contributed by atoms with E-state index in [4.69, 9.17) is 4.74 Å². The van der Waals surface area contributed by atoms with Gasteiger partial charge in [0.1, 0.15) is 11.6 Å². The second kappa shape index (κ2) is 7.17. The lowest BCUT2D eigenvalue weighted by atomic mass is 10.0. The second-order valence-corrected chi connectivity index (χ2v) is 6.61. The Bertz CT molecular complexity index is 769. The van der Waals surface area contributed by atoms with Gasteiger partial charge in [0.05, 0.1) is 11.7 Å². The Morgan fingerprint density at radius 3 is 2.92 bits per heavy atom. The van der Waals surface area contributed by atoms with Gasteiger partial charge in [0.15, 0.2) is 6.10 Å². The van der Waals surface area contributed by atoms with Crippen molar-refractivity contribution in [2.24, 2.45) is 7.05 Å². The summed E-state index contributed by atoms with van der Waals surface area (Å²) in [4.78, 5) is 12.7. The van der Waals surface area contributed by atoms with Crippen LogP contribution in [0.2, 0.25) is 0 Å². The summed E-state index contributed by atoms with van der Waals surface area (Å²) in [6, 6.07) is 7.81. The topological polar surface area (TPSA) is 68.2 Å². The highest BCUT2D eigenvalue weighted by molar-refractivity contribution is 5.81. The Morgan fingerprint density at radius 1 is 1.44 bits per heavy atom. The molecule has 1 aromatic carbocycles. The molecule has 0 fully saturated rings. The first-order valence-electron chi connectivity index (χ1n) is 8.78. The lowest BCUT2D eigenvalue weighted by Gasteiger charge is -2.27. The van der Waals surface area contributed by atoms with Gasteiger partial charge < -0.3 is 15.4 Å². The van der Waals surface area contributed by atoms with Crippen molar-refractivity contribution in [1.29, 1.82) is 0 Å². The largest absolute Gasteiger partial charge is 0.480 e. The predicted octanol–water partition coefficient (Wildman–Crippen LogP) is 2.35. The van der Waals surface area contributed by atoms with Crippen LogP contribution in [0.25, 0.3) is 0 Å². The highest BCUT2D eigenvalue weighted by Gasteiger charge is 2.27. The van der Waals surface area contributed by atoms with Gasteiger partial charge in [-0.25, -0.2) is 0 Å². The molecule has 0 saturated heterocycles. The first-order valence-corrected chi connectivity index (χ1v) is 8.78. The molecular formula is C19H26N4O2. The summed E-state index contributed by atoms with van der Waals surface area (Å²) in [7, 11) is 1.93. The zero-order chi connectivity index (χ0) is 18.0. The molecule has 134 valence electrons. The fourth-order valence-corrected chi connectivity index (χ4v) is 3.27. The van der Waals surface area contributed by atoms with Crippen LogP contribution in [0.15, 0.2) is 24.3 Å². The maximum Gasteiger partial charge on any atom is 0.261 e. The van der Waals surface area contributed by atoms with Crippen LogP contribution in [0.4, 0.5) is 5.82 Å². The Morgan fingerprint density at radius 2 is 2.20 bits per heavy atom. The van der Waals surface area contributed by atoms with Crippen molar-refractivity contribution >= 4 is 11.7 Å². The normalized spacial score (nSPS) is 17.4. The summed E-state index contributed by atoms with van der Waals surface area (Å²) in [5, 5.41) is 10.9. The van der Waals surface area contributed by atoms with E-state index in [-0.39, 0.29) is 11.9 Å². The van der Waals surface area contributed by atoms with Crippen LogP contribution >= 0.6 is 0 Å². The number of anilines is 1. The molecule has 6 nitrogen and oxygen atoms in total. The number of nitrogens with one attached hydrogen (secondary N) is 2. The molecule has 1 aliphatic heterocycles. The summed E-state index contributed by atoms with van der Waals surface area (Å²) < 4.78 is 7.81. The minimum Gasteiger partial charge on any atom is -0.480 e. The van der Waals surface area contributed by atoms with Crippen molar-refractivity contribution in [3.63, 3.8) is 0 Å². The fraction of sp³-hybridized carbons (Fsp3) is 0.474. The Hall–Kier alpha value is -2.50. The second-order valence-electron chi connectivity index (χ2n) is 6.61. The minimum atomic E-state index is -0.488. The third kappa shape index (κ3) is 3.62. The number of hydrogen-bond donors (Lipinski definition) is 2. The van der Waals surface area contributed by atoms with Gasteiger partial charge in [-0.05, 0) is 38.3 Å². The van der Waals surface area contributed by atoms with Crippen LogP contribution in [0.3, 0.4) is 0 Å². The summed E-state index contributed by atoms with van der Waals surface area (Å²) in [5.74, 6) is 1.74. The zero-order valence-corrected chi connectivity index (χ0v) is 15.3. The van der Waals surface area contributed by atoms with E-state index in [1.54, 1.807) is 0 Å². The van der Waals surface area contributed by atoms with Gasteiger partial charge in [-0.2, -0.15) is 5.10 Å². The molecule has 2 aromatic rings. The van der Waals surface area contributed by atoms with Crippen LogP contribution in [-0.4, -0.2) is 34.4 Å². The van der Waals surface area contributed by atoms with Crippen LogP contribution < -0.4 is 15.4 Å². The molecule has 1 amide bonds. The Balaban J connectivity index is 1.65. The molecule has 2 heterocycles. The van der Waals surface area contributed by atoms with Crippen molar-refractivity contribution in [2.45, 2.75) is 45.8 Å². The zero-order valence-electron chi connectivity index (χ0n) is 15.3. The number of benzene rings is 1. The maximum absolute atomic E-state index is 12.7. The summed E-state index contributed by atoms with van der Waals surface area (Å²) in [6.07, 6.45) is 0.920. The Labute approximate surface area is 148 Å². The number of carbonyl (C=O) groups excluding carboxylic acids is 1. The molecule has 1 aromatic heterocycles. The van der Waals surface area contributed by atoms with Gasteiger partial charge in [-0.3, -0.25) is 9.48 Å². The molecule has 0 spiro atoms. The van der Waals surface area contributed by atoms with E-state index in [0.29, 0.717) is 13.0 Å². The average molecular weight is 342 g/mol. The van der Waals surface area contributed by atoms with Crippen LogP contribution in [-0.2, 0) is 18.3 Å². The molecule has 6 heteroatoms. The number of aryl methyl sites for hydroxylation is 3. The van der Waals surface area contributed by atoms with Gasteiger partial charge in [0.25, 0.3) is 5.91 Å². The molecule has 0 aliphatic carbocycles.